The highest BCUT2D eigenvalue weighted by Crippen LogP contribution is 2.22. The fourth-order valence-electron chi connectivity index (χ4n) is 1.78. The number of methoxy groups -OCH3 is 1. The van der Waals surface area contributed by atoms with Crippen molar-refractivity contribution in [2.75, 3.05) is 26.8 Å². The van der Waals surface area contributed by atoms with Gasteiger partial charge in [0.15, 0.2) is 0 Å². The van der Waals surface area contributed by atoms with E-state index in [9.17, 15) is 0 Å². The highest BCUT2D eigenvalue weighted by molar-refractivity contribution is 4.78. The molecule has 1 saturated carbocycles. The van der Waals surface area contributed by atoms with E-state index in [0.717, 1.165) is 25.6 Å². The van der Waals surface area contributed by atoms with Crippen molar-refractivity contribution in [3.05, 3.63) is 0 Å². The largest absolute Gasteiger partial charge is 0.383 e. The van der Waals surface area contributed by atoms with Crippen LogP contribution in [0.1, 0.15) is 19.3 Å². The van der Waals surface area contributed by atoms with Crippen molar-refractivity contribution >= 4 is 0 Å². The molecule has 0 heterocycles. The fourth-order valence-corrected chi connectivity index (χ4v) is 1.78. The van der Waals surface area contributed by atoms with Crippen LogP contribution in [0.15, 0.2) is 0 Å². The number of nitrogens with two attached hydrogens (primary N) is 1. The Hall–Kier alpha value is -0.120. The Morgan fingerprint density at radius 3 is 2.92 bits per heavy atom. The first-order valence-corrected chi connectivity index (χ1v) is 4.78. The van der Waals surface area contributed by atoms with Crippen molar-refractivity contribution in [2.45, 2.75) is 25.3 Å². The molecule has 0 radical (unpaired) electrons. The summed E-state index contributed by atoms with van der Waals surface area (Å²) in [4.78, 5) is 0. The number of rotatable bonds is 5. The summed E-state index contributed by atoms with van der Waals surface area (Å²) in [5, 5.41) is 3.37. The Morgan fingerprint density at radius 1 is 1.50 bits per heavy atom. The van der Waals surface area contributed by atoms with E-state index in [-0.39, 0.29) is 0 Å². The predicted molar refractivity (Wildman–Crippen MR) is 50.1 cm³/mol. The van der Waals surface area contributed by atoms with Crippen molar-refractivity contribution in [3.8, 4) is 0 Å². The van der Waals surface area contributed by atoms with Crippen LogP contribution in [0, 0.1) is 5.92 Å². The van der Waals surface area contributed by atoms with Crippen molar-refractivity contribution in [1.29, 1.82) is 0 Å². The molecule has 72 valence electrons. The Balaban J connectivity index is 1.93. The van der Waals surface area contributed by atoms with E-state index < -0.39 is 0 Å². The fraction of sp³-hybridized carbons (Fsp3) is 1.00. The molecular weight excluding hydrogens is 152 g/mol. The predicted octanol–water partition coefficient (Wildman–Crippen LogP) is 0.350. The van der Waals surface area contributed by atoms with Crippen molar-refractivity contribution in [3.63, 3.8) is 0 Å². The Kier molecular flexibility index (Phi) is 4.58. The van der Waals surface area contributed by atoms with Gasteiger partial charge in [0, 0.05) is 19.7 Å². The molecule has 0 saturated heterocycles. The van der Waals surface area contributed by atoms with Gasteiger partial charge in [-0.25, -0.2) is 0 Å². The van der Waals surface area contributed by atoms with Crippen LogP contribution < -0.4 is 11.1 Å². The van der Waals surface area contributed by atoms with Gasteiger partial charge in [0.05, 0.1) is 6.61 Å². The van der Waals surface area contributed by atoms with E-state index in [2.05, 4.69) is 5.32 Å². The van der Waals surface area contributed by atoms with Crippen LogP contribution in [0.3, 0.4) is 0 Å². The van der Waals surface area contributed by atoms with Crippen molar-refractivity contribution < 1.29 is 4.74 Å². The summed E-state index contributed by atoms with van der Waals surface area (Å²) in [6.07, 6.45) is 3.69. The summed E-state index contributed by atoms with van der Waals surface area (Å²) in [6.45, 7) is 2.87. The topological polar surface area (TPSA) is 47.3 Å². The third-order valence-corrected chi connectivity index (χ3v) is 2.50. The Bertz CT molecular complexity index is 119. The van der Waals surface area contributed by atoms with Crippen LogP contribution in [-0.4, -0.2) is 32.8 Å². The molecular formula is C9H20N2O. The quantitative estimate of drug-likeness (QED) is 0.588. The smallest absolute Gasteiger partial charge is 0.0587 e. The van der Waals surface area contributed by atoms with Gasteiger partial charge >= 0.3 is 0 Å². The molecule has 1 fully saturated rings. The zero-order valence-electron chi connectivity index (χ0n) is 7.88. The number of hydrogen-bond acceptors (Lipinski definition) is 3. The molecule has 1 aliphatic carbocycles. The van der Waals surface area contributed by atoms with Gasteiger partial charge in [0.25, 0.3) is 0 Å². The summed E-state index contributed by atoms with van der Waals surface area (Å²) in [7, 11) is 1.73. The van der Waals surface area contributed by atoms with E-state index >= 15 is 0 Å². The monoisotopic (exact) mass is 172 g/mol. The minimum atomic E-state index is 0.458. The Labute approximate surface area is 74.7 Å². The summed E-state index contributed by atoms with van der Waals surface area (Å²) < 4.78 is 4.94. The molecule has 1 rings (SSSR count). The molecule has 2 atom stereocenters. The lowest BCUT2D eigenvalue weighted by atomic mass is 10.1. The lowest BCUT2D eigenvalue weighted by molar-refractivity contribution is 0.198. The molecule has 12 heavy (non-hydrogen) atoms. The molecule has 0 unspecified atom stereocenters. The first-order valence-electron chi connectivity index (χ1n) is 4.78. The highest BCUT2D eigenvalue weighted by Gasteiger charge is 2.20. The van der Waals surface area contributed by atoms with Gasteiger partial charge in [0.2, 0.25) is 0 Å². The second-order valence-electron chi connectivity index (χ2n) is 3.64. The molecule has 0 bridgehead atoms. The van der Waals surface area contributed by atoms with Gasteiger partial charge < -0.3 is 15.8 Å². The number of hydrogen-bond donors (Lipinski definition) is 2. The van der Waals surface area contributed by atoms with E-state index in [1.807, 2.05) is 0 Å². The van der Waals surface area contributed by atoms with E-state index in [1.165, 1.54) is 19.3 Å². The molecule has 0 aromatic carbocycles. The zero-order valence-corrected chi connectivity index (χ0v) is 7.88. The maximum absolute atomic E-state index is 5.80. The van der Waals surface area contributed by atoms with Gasteiger partial charge in [-0.2, -0.15) is 0 Å². The van der Waals surface area contributed by atoms with Crippen LogP contribution in [0.25, 0.3) is 0 Å². The molecule has 3 nitrogen and oxygen atoms in total. The molecule has 0 aromatic rings. The maximum atomic E-state index is 5.80. The van der Waals surface area contributed by atoms with Crippen molar-refractivity contribution in [2.24, 2.45) is 11.7 Å². The van der Waals surface area contributed by atoms with E-state index in [4.69, 9.17) is 10.5 Å². The molecule has 0 aliphatic heterocycles. The molecule has 0 amide bonds. The average Bonchev–Trinajstić information content (AvgIpc) is 2.45. The molecule has 3 N–H and O–H groups in total. The minimum Gasteiger partial charge on any atom is -0.383 e. The summed E-state index contributed by atoms with van der Waals surface area (Å²) in [6, 6.07) is 0.458. The minimum absolute atomic E-state index is 0.458. The van der Waals surface area contributed by atoms with Gasteiger partial charge in [-0.1, -0.05) is 0 Å². The average molecular weight is 172 g/mol. The number of nitrogens with one attached hydrogen (secondary N) is 1. The van der Waals surface area contributed by atoms with Crippen LogP contribution in [-0.2, 0) is 4.74 Å². The number of ether oxygens (including phenoxy) is 1. The van der Waals surface area contributed by atoms with E-state index in [1.54, 1.807) is 7.11 Å². The lowest BCUT2D eigenvalue weighted by Crippen LogP contribution is -2.26. The van der Waals surface area contributed by atoms with E-state index in [0.29, 0.717) is 6.04 Å². The second kappa shape index (κ2) is 5.51. The first-order chi connectivity index (χ1) is 5.83. The Morgan fingerprint density at radius 2 is 2.33 bits per heavy atom. The van der Waals surface area contributed by atoms with Crippen LogP contribution >= 0.6 is 0 Å². The highest BCUT2D eigenvalue weighted by atomic mass is 16.5. The third kappa shape index (κ3) is 3.52. The summed E-state index contributed by atoms with van der Waals surface area (Å²) in [5.74, 6) is 0.803. The normalized spacial score (nSPS) is 29.5. The summed E-state index contributed by atoms with van der Waals surface area (Å²) >= 11 is 0. The summed E-state index contributed by atoms with van der Waals surface area (Å²) in [5.41, 5.74) is 5.80. The zero-order chi connectivity index (χ0) is 8.81. The van der Waals surface area contributed by atoms with Crippen LogP contribution in [0.5, 0.6) is 0 Å². The second-order valence-corrected chi connectivity index (χ2v) is 3.64. The van der Waals surface area contributed by atoms with Gasteiger partial charge in [-0.05, 0) is 31.7 Å². The maximum Gasteiger partial charge on any atom is 0.0587 e. The molecule has 0 spiro atoms. The molecule has 1 aliphatic rings. The SMILES string of the molecule is COCCNC[C@@H]1CC[C@H](N)C1. The van der Waals surface area contributed by atoms with Gasteiger partial charge in [-0.3, -0.25) is 0 Å². The molecule has 0 aromatic heterocycles. The molecule has 3 heteroatoms. The van der Waals surface area contributed by atoms with Crippen LogP contribution in [0.2, 0.25) is 0 Å². The first kappa shape index (κ1) is 9.96. The lowest BCUT2D eigenvalue weighted by Gasteiger charge is -2.10. The van der Waals surface area contributed by atoms with Gasteiger partial charge in [0.1, 0.15) is 0 Å². The van der Waals surface area contributed by atoms with Crippen molar-refractivity contribution in [1.82, 2.24) is 5.32 Å². The van der Waals surface area contributed by atoms with Gasteiger partial charge in [-0.15, -0.1) is 0 Å². The standard InChI is InChI=1S/C9H20N2O/c1-12-5-4-11-7-8-2-3-9(10)6-8/h8-9,11H,2-7,10H2,1H3/t8-,9+/m1/s1. The van der Waals surface area contributed by atoms with Crippen LogP contribution in [0.4, 0.5) is 0 Å². The third-order valence-electron chi connectivity index (χ3n) is 2.50.